The van der Waals surface area contributed by atoms with Gasteiger partial charge in [0.2, 0.25) is 11.8 Å². The van der Waals surface area contributed by atoms with Crippen LogP contribution < -0.4 is 21.3 Å². The quantitative estimate of drug-likeness (QED) is 0.0858. The Morgan fingerprint density at radius 1 is 0.576 bits per heavy atom. The monoisotopic (exact) mass is 804 g/mol. The van der Waals surface area contributed by atoms with Gasteiger partial charge in [-0.3, -0.25) is 19.6 Å². The number of hydrogen-bond donors (Lipinski definition) is 4. The minimum Gasteiger partial charge on any atom is -0.365 e. The zero-order valence-electron chi connectivity index (χ0n) is 35.1. The third-order valence-electron chi connectivity index (χ3n) is 11.1. The Kier molecular flexibility index (Phi) is 16.4. The third-order valence-corrected chi connectivity index (χ3v) is 11.1. The Balaban J connectivity index is 1.34. The van der Waals surface area contributed by atoms with Gasteiger partial charge in [-0.25, -0.2) is 9.59 Å². The van der Waals surface area contributed by atoms with E-state index in [0.29, 0.717) is 25.7 Å². The number of nitrogens with one attached hydrogen (secondary N) is 4. The highest BCUT2D eigenvalue weighted by Crippen LogP contribution is 2.32. The average molecular weight is 805 g/mol. The maximum absolute atomic E-state index is 14.3. The van der Waals surface area contributed by atoms with Crippen LogP contribution in [0.2, 0.25) is 0 Å². The maximum Gasteiger partial charge on any atom is 0.318 e. The summed E-state index contributed by atoms with van der Waals surface area (Å²) in [6.45, 7) is 8.43. The van der Waals surface area contributed by atoms with Gasteiger partial charge in [0.1, 0.15) is 24.3 Å². The van der Waals surface area contributed by atoms with Gasteiger partial charge in [0, 0.05) is 26.5 Å². The number of aromatic nitrogens is 2. The number of amides is 6. The minimum atomic E-state index is -0.815. The molecule has 13 heteroatoms. The van der Waals surface area contributed by atoms with Gasteiger partial charge in [-0.05, 0) is 60.1 Å². The van der Waals surface area contributed by atoms with Crippen molar-refractivity contribution in [3.8, 4) is 0 Å². The van der Waals surface area contributed by atoms with Crippen LogP contribution in [0.3, 0.4) is 0 Å². The molecule has 314 valence electrons. The molecule has 2 aromatic carbocycles. The fourth-order valence-corrected chi connectivity index (χ4v) is 7.07. The van der Waals surface area contributed by atoms with Crippen LogP contribution in [0.5, 0.6) is 0 Å². The van der Waals surface area contributed by atoms with Crippen molar-refractivity contribution >= 4 is 23.9 Å². The largest absolute Gasteiger partial charge is 0.365 e. The van der Waals surface area contributed by atoms with E-state index in [1.54, 1.807) is 26.5 Å². The van der Waals surface area contributed by atoms with Crippen LogP contribution in [0, 0.1) is 11.8 Å². The number of epoxide rings is 1. The first kappa shape index (κ1) is 44.3. The molecule has 2 aromatic heterocycles. The Bertz CT molecular complexity index is 1780. The Labute approximate surface area is 348 Å². The van der Waals surface area contributed by atoms with Crippen LogP contribution in [0.15, 0.2) is 109 Å². The molecule has 4 aromatic rings. The molecule has 3 heterocycles. The number of ether oxygens (including phenoxy) is 1. The molecule has 1 aliphatic rings. The van der Waals surface area contributed by atoms with E-state index in [-0.39, 0.29) is 48.8 Å². The molecular formula is C46H60N8O5. The lowest BCUT2D eigenvalue weighted by molar-refractivity contribution is -0.125. The number of benzene rings is 2. The number of pyridine rings is 2. The molecule has 0 radical (unpaired) electrons. The summed E-state index contributed by atoms with van der Waals surface area (Å²) in [5, 5.41) is 12.5. The van der Waals surface area contributed by atoms with Gasteiger partial charge in [-0.1, -0.05) is 113 Å². The molecule has 5 rings (SSSR count). The van der Waals surface area contributed by atoms with Gasteiger partial charge in [0.15, 0.2) is 0 Å². The number of hydrogen-bond acceptors (Lipinski definition) is 7. The molecule has 1 fully saturated rings. The van der Waals surface area contributed by atoms with E-state index < -0.39 is 36.4 Å². The topological polar surface area (TPSA) is 161 Å². The maximum atomic E-state index is 14.3. The summed E-state index contributed by atoms with van der Waals surface area (Å²) in [7, 11) is 3.35. The number of nitrogens with zero attached hydrogens (tertiary/aromatic N) is 4. The molecule has 0 aliphatic carbocycles. The molecule has 8 atom stereocenters. The van der Waals surface area contributed by atoms with Crippen LogP contribution in [0.1, 0.15) is 63.1 Å². The van der Waals surface area contributed by atoms with E-state index in [2.05, 4.69) is 31.2 Å². The van der Waals surface area contributed by atoms with Crippen LogP contribution >= 0.6 is 0 Å². The van der Waals surface area contributed by atoms with Crippen LogP contribution in [0.4, 0.5) is 9.59 Å². The molecule has 13 nitrogen and oxygen atoms in total. The van der Waals surface area contributed by atoms with Crippen LogP contribution in [-0.2, 0) is 40.3 Å². The van der Waals surface area contributed by atoms with Crippen LogP contribution in [0.25, 0.3) is 0 Å². The fourth-order valence-electron chi connectivity index (χ4n) is 7.07. The fraction of sp³-hybridized carbons (Fsp3) is 0.435. The van der Waals surface area contributed by atoms with E-state index in [1.807, 2.05) is 125 Å². The Morgan fingerprint density at radius 2 is 0.949 bits per heavy atom. The highest BCUT2D eigenvalue weighted by molar-refractivity contribution is 5.88. The average Bonchev–Trinajstić information content (AvgIpc) is 4.06. The van der Waals surface area contributed by atoms with Gasteiger partial charge in [0.25, 0.3) is 0 Å². The normalized spacial score (nSPS) is 17.5. The van der Waals surface area contributed by atoms with Crippen molar-refractivity contribution in [2.45, 2.75) is 103 Å². The zero-order valence-corrected chi connectivity index (χ0v) is 35.1. The summed E-state index contributed by atoms with van der Waals surface area (Å²) in [4.78, 5) is 67.1. The second kappa shape index (κ2) is 21.8. The summed E-state index contributed by atoms with van der Waals surface area (Å²) in [6, 6.07) is 27.4. The number of carbonyl (C=O) groups is 4. The lowest BCUT2D eigenvalue weighted by Crippen LogP contribution is -2.57. The van der Waals surface area contributed by atoms with E-state index in [1.165, 1.54) is 9.80 Å². The first-order valence-corrected chi connectivity index (χ1v) is 20.6. The molecule has 59 heavy (non-hydrogen) atoms. The number of urea groups is 2. The van der Waals surface area contributed by atoms with Crippen molar-refractivity contribution in [2.75, 3.05) is 14.1 Å². The SMILES string of the molecule is CCC(C)[C@H](NC(=O)N(C)Cc1ccccn1)C(=O)N[C@@H](Cc1ccccc1)[C@@H]1O[C@@H]1[C@H](Cc1ccccc1)NC(=O)[C@@H](NC(=O)N(C)Cc1ccccn1)C(C)CC. The van der Waals surface area contributed by atoms with Crippen molar-refractivity contribution in [2.24, 2.45) is 11.8 Å². The highest BCUT2D eigenvalue weighted by atomic mass is 16.6. The van der Waals surface area contributed by atoms with Crippen LogP contribution in [-0.4, -0.2) is 94.1 Å². The number of carbonyl (C=O) groups excluding carboxylic acids is 4. The minimum absolute atomic E-state index is 0.170. The Morgan fingerprint density at radius 3 is 1.29 bits per heavy atom. The van der Waals surface area contributed by atoms with Gasteiger partial charge >= 0.3 is 12.1 Å². The summed E-state index contributed by atoms with van der Waals surface area (Å²) in [5.41, 5.74) is 3.48. The predicted molar refractivity (Wildman–Crippen MR) is 228 cm³/mol. The van der Waals surface area contributed by atoms with Crippen molar-refractivity contribution in [1.82, 2.24) is 41.0 Å². The first-order valence-electron chi connectivity index (χ1n) is 20.6. The lowest BCUT2D eigenvalue weighted by atomic mass is 9.93. The van der Waals surface area contributed by atoms with E-state index >= 15 is 0 Å². The molecule has 0 bridgehead atoms. The van der Waals surface area contributed by atoms with Gasteiger partial charge in [-0.2, -0.15) is 0 Å². The molecule has 4 N–H and O–H groups in total. The third kappa shape index (κ3) is 13.1. The molecule has 2 unspecified atom stereocenters. The van der Waals surface area contributed by atoms with Gasteiger partial charge in [0.05, 0.1) is 36.6 Å². The van der Waals surface area contributed by atoms with E-state index in [9.17, 15) is 19.2 Å². The van der Waals surface area contributed by atoms with E-state index in [0.717, 1.165) is 22.5 Å². The molecule has 0 saturated carbocycles. The van der Waals surface area contributed by atoms with Gasteiger partial charge < -0.3 is 35.8 Å². The van der Waals surface area contributed by atoms with Crippen molar-refractivity contribution in [3.05, 3.63) is 132 Å². The summed E-state index contributed by atoms with van der Waals surface area (Å²) < 4.78 is 6.46. The van der Waals surface area contributed by atoms with Gasteiger partial charge in [-0.15, -0.1) is 0 Å². The summed E-state index contributed by atoms with van der Waals surface area (Å²) in [6.07, 6.45) is 4.71. The number of rotatable bonds is 20. The summed E-state index contributed by atoms with van der Waals surface area (Å²) in [5.74, 6) is -0.966. The molecule has 0 spiro atoms. The van der Waals surface area contributed by atoms with Crippen molar-refractivity contribution in [1.29, 1.82) is 0 Å². The van der Waals surface area contributed by atoms with E-state index in [4.69, 9.17) is 4.74 Å². The molecule has 6 amide bonds. The van der Waals surface area contributed by atoms with Crippen molar-refractivity contribution < 1.29 is 23.9 Å². The van der Waals surface area contributed by atoms with Crippen molar-refractivity contribution in [3.63, 3.8) is 0 Å². The predicted octanol–water partition coefficient (Wildman–Crippen LogP) is 5.51. The summed E-state index contributed by atoms with van der Waals surface area (Å²) >= 11 is 0. The zero-order chi connectivity index (χ0) is 42.3. The smallest absolute Gasteiger partial charge is 0.318 e. The molecular weight excluding hydrogens is 745 g/mol. The molecule has 1 saturated heterocycles. The highest BCUT2D eigenvalue weighted by Gasteiger charge is 2.51. The Hall–Kier alpha value is -5.82. The second-order valence-corrected chi connectivity index (χ2v) is 15.7. The standard InChI is InChI=1S/C46H60N8O5/c1-7-31(3)39(51-45(57)53(5)29-35-23-15-17-25-47-35)43(55)49-37(27-33-19-11-9-12-20-33)41-42(59-41)38(28-34-21-13-10-14-22-34)50-44(56)40(32(4)8-2)52-46(58)54(6)30-36-24-16-18-26-48-36/h9-26,31-32,37-42H,7-8,27-30H2,1-6H3,(H,49,55)(H,50,56)(H,51,57)(H,52,58)/t31?,32?,37-,38-,39-,40-,41-,42+/m0/s1. The lowest BCUT2D eigenvalue weighted by Gasteiger charge is -2.29. The second-order valence-electron chi connectivity index (χ2n) is 15.7. The molecule has 1 aliphatic heterocycles. The first-order chi connectivity index (χ1) is 28.5.